The van der Waals surface area contributed by atoms with Gasteiger partial charge in [-0.25, -0.2) is 4.79 Å². The van der Waals surface area contributed by atoms with Gasteiger partial charge in [0.25, 0.3) is 0 Å². The standard InChI is InChI=1S/C12H21NO4/c1-8(14)13-10(11(15)12(16)17)7-9-5-3-2-4-6-9/h9-11,15H,2-7H2,1H3,(H,13,14)(H,16,17)/t10-,11-/m0/s1. The summed E-state index contributed by atoms with van der Waals surface area (Å²) in [7, 11) is 0. The van der Waals surface area contributed by atoms with E-state index in [1.54, 1.807) is 0 Å². The Morgan fingerprint density at radius 2 is 1.88 bits per heavy atom. The number of aliphatic hydroxyl groups excluding tert-OH is 1. The van der Waals surface area contributed by atoms with Crippen LogP contribution in [0.15, 0.2) is 0 Å². The van der Waals surface area contributed by atoms with Crippen LogP contribution in [0.2, 0.25) is 0 Å². The van der Waals surface area contributed by atoms with Crippen molar-refractivity contribution < 1.29 is 19.8 Å². The number of carbonyl (C=O) groups is 2. The molecule has 0 heterocycles. The number of amides is 1. The molecule has 2 atom stereocenters. The summed E-state index contributed by atoms with van der Waals surface area (Å²) in [5, 5.41) is 20.9. The minimum atomic E-state index is -1.51. The van der Waals surface area contributed by atoms with Crippen LogP contribution in [0.25, 0.3) is 0 Å². The molecule has 0 aromatic heterocycles. The molecule has 1 amide bonds. The van der Waals surface area contributed by atoms with Crippen LogP contribution in [-0.2, 0) is 9.59 Å². The second kappa shape index (κ2) is 6.59. The molecule has 1 fully saturated rings. The number of nitrogens with one attached hydrogen (secondary N) is 1. The summed E-state index contributed by atoms with van der Waals surface area (Å²) < 4.78 is 0. The Morgan fingerprint density at radius 1 is 1.29 bits per heavy atom. The van der Waals surface area contributed by atoms with E-state index < -0.39 is 18.1 Å². The number of hydrogen-bond acceptors (Lipinski definition) is 3. The molecule has 1 aliphatic carbocycles. The van der Waals surface area contributed by atoms with Crippen molar-refractivity contribution in [1.82, 2.24) is 5.32 Å². The Hall–Kier alpha value is -1.10. The van der Waals surface area contributed by atoms with Crippen LogP contribution in [0.5, 0.6) is 0 Å². The molecule has 17 heavy (non-hydrogen) atoms. The van der Waals surface area contributed by atoms with E-state index in [-0.39, 0.29) is 5.91 Å². The summed E-state index contributed by atoms with van der Waals surface area (Å²) in [5.74, 6) is -1.17. The number of aliphatic hydroxyl groups is 1. The third-order valence-electron chi connectivity index (χ3n) is 3.33. The van der Waals surface area contributed by atoms with Gasteiger partial charge < -0.3 is 15.5 Å². The fourth-order valence-electron chi connectivity index (χ4n) is 2.48. The summed E-state index contributed by atoms with van der Waals surface area (Å²) in [5.41, 5.74) is 0. The molecule has 1 saturated carbocycles. The van der Waals surface area contributed by atoms with E-state index >= 15 is 0 Å². The third kappa shape index (κ3) is 4.73. The molecular formula is C12H21NO4. The third-order valence-corrected chi connectivity index (χ3v) is 3.33. The Kier molecular flexibility index (Phi) is 5.41. The van der Waals surface area contributed by atoms with E-state index in [4.69, 9.17) is 5.11 Å². The van der Waals surface area contributed by atoms with Crippen LogP contribution in [-0.4, -0.2) is 34.2 Å². The van der Waals surface area contributed by atoms with E-state index in [1.165, 1.54) is 13.3 Å². The van der Waals surface area contributed by atoms with Gasteiger partial charge in [-0.1, -0.05) is 32.1 Å². The summed E-state index contributed by atoms with van der Waals surface area (Å²) in [6, 6.07) is -0.673. The van der Waals surface area contributed by atoms with Gasteiger partial charge in [-0.2, -0.15) is 0 Å². The van der Waals surface area contributed by atoms with Gasteiger partial charge in [-0.3, -0.25) is 4.79 Å². The quantitative estimate of drug-likeness (QED) is 0.669. The number of carbonyl (C=O) groups excluding carboxylic acids is 1. The van der Waals surface area contributed by atoms with Gasteiger partial charge in [-0.05, 0) is 12.3 Å². The van der Waals surface area contributed by atoms with Crippen molar-refractivity contribution >= 4 is 11.9 Å². The van der Waals surface area contributed by atoms with Crippen molar-refractivity contribution in [3.05, 3.63) is 0 Å². The number of carboxylic acids is 1. The minimum Gasteiger partial charge on any atom is -0.479 e. The van der Waals surface area contributed by atoms with Crippen molar-refractivity contribution in [1.29, 1.82) is 0 Å². The molecule has 98 valence electrons. The van der Waals surface area contributed by atoms with Gasteiger partial charge in [0.1, 0.15) is 0 Å². The zero-order chi connectivity index (χ0) is 12.8. The highest BCUT2D eigenvalue weighted by Crippen LogP contribution is 2.28. The van der Waals surface area contributed by atoms with Gasteiger partial charge in [0.15, 0.2) is 6.10 Å². The molecule has 0 aromatic rings. The molecule has 0 radical (unpaired) electrons. The summed E-state index contributed by atoms with van der Waals surface area (Å²) >= 11 is 0. The average molecular weight is 243 g/mol. The molecule has 0 unspecified atom stereocenters. The first-order valence-corrected chi connectivity index (χ1v) is 6.18. The van der Waals surface area contributed by atoms with E-state index in [0.29, 0.717) is 12.3 Å². The maximum absolute atomic E-state index is 11.0. The molecule has 0 bridgehead atoms. The zero-order valence-corrected chi connectivity index (χ0v) is 10.2. The van der Waals surface area contributed by atoms with Crippen molar-refractivity contribution in [2.45, 2.75) is 57.6 Å². The first-order valence-electron chi connectivity index (χ1n) is 6.18. The SMILES string of the molecule is CC(=O)N[C@@H](CC1CCCCC1)[C@H](O)C(=O)O. The Morgan fingerprint density at radius 3 is 2.35 bits per heavy atom. The Labute approximate surface area is 101 Å². The topological polar surface area (TPSA) is 86.6 Å². The van der Waals surface area contributed by atoms with Crippen LogP contribution < -0.4 is 5.32 Å². The number of carboxylic acid groups (broad SMARTS) is 1. The minimum absolute atomic E-state index is 0.300. The highest BCUT2D eigenvalue weighted by atomic mass is 16.4. The normalized spacial score (nSPS) is 20.6. The summed E-state index contributed by atoms with van der Waals surface area (Å²) in [6.45, 7) is 1.34. The molecule has 5 nitrogen and oxygen atoms in total. The van der Waals surface area contributed by atoms with E-state index in [1.807, 2.05) is 0 Å². The van der Waals surface area contributed by atoms with Crippen LogP contribution in [0.3, 0.4) is 0 Å². The monoisotopic (exact) mass is 243 g/mol. The first kappa shape index (κ1) is 14.0. The maximum atomic E-state index is 11.0. The fraction of sp³-hybridized carbons (Fsp3) is 0.833. The average Bonchev–Trinajstić information content (AvgIpc) is 2.28. The van der Waals surface area contributed by atoms with Gasteiger partial charge in [0, 0.05) is 6.92 Å². The second-order valence-corrected chi connectivity index (χ2v) is 4.83. The van der Waals surface area contributed by atoms with Crippen LogP contribution >= 0.6 is 0 Å². The van der Waals surface area contributed by atoms with Crippen LogP contribution in [0.4, 0.5) is 0 Å². The predicted octanol–water partition coefficient (Wildman–Crippen LogP) is 0.907. The zero-order valence-electron chi connectivity index (χ0n) is 10.2. The Bertz CT molecular complexity index is 274. The van der Waals surface area contributed by atoms with E-state index in [0.717, 1.165) is 25.7 Å². The molecule has 1 aliphatic rings. The molecular weight excluding hydrogens is 222 g/mol. The largest absolute Gasteiger partial charge is 0.479 e. The smallest absolute Gasteiger partial charge is 0.334 e. The highest BCUT2D eigenvalue weighted by molar-refractivity contribution is 5.77. The summed E-state index contributed by atoms with van der Waals surface area (Å²) in [6.07, 6.45) is 4.68. The van der Waals surface area contributed by atoms with Crippen molar-refractivity contribution in [2.75, 3.05) is 0 Å². The van der Waals surface area contributed by atoms with Crippen LogP contribution in [0.1, 0.15) is 45.4 Å². The molecule has 5 heteroatoms. The number of aliphatic carboxylic acids is 1. The van der Waals surface area contributed by atoms with Gasteiger partial charge in [-0.15, -0.1) is 0 Å². The summed E-state index contributed by atoms with van der Waals surface area (Å²) in [4.78, 5) is 21.8. The lowest BCUT2D eigenvalue weighted by molar-refractivity contribution is -0.148. The Balaban J connectivity index is 2.55. The van der Waals surface area contributed by atoms with E-state index in [2.05, 4.69) is 5.32 Å². The molecule has 3 N–H and O–H groups in total. The van der Waals surface area contributed by atoms with Gasteiger partial charge in [0.05, 0.1) is 6.04 Å². The molecule has 0 saturated heterocycles. The van der Waals surface area contributed by atoms with Crippen molar-refractivity contribution in [3.63, 3.8) is 0 Å². The number of hydrogen-bond donors (Lipinski definition) is 3. The lowest BCUT2D eigenvalue weighted by Gasteiger charge is -2.28. The molecule has 0 aromatic carbocycles. The lowest BCUT2D eigenvalue weighted by atomic mass is 9.83. The van der Waals surface area contributed by atoms with Crippen molar-refractivity contribution in [3.8, 4) is 0 Å². The van der Waals surface area contributed by atoms with Gasteiger partial charge >= 0.3 is 5.97 Å². The molecule has 0 aliphatic heterocycles. The second-order valence-electron chi connectivity index (χ2n) is 4.83. The fourth-order valence-corrected chi connectivity index (χ4v) is 2.48. The number of rotatable bonds is 5. The maximum Gasteiger partial charge on any atom is 0.334 e. The molecule has 1 rings (SSSR count). The lowest BCUT2D eigenvalue weighted by Crippen LogP contribution is -2.47. The van der Waals surface area contributed by atoms with Crippen LogP contribution in [0, 0.1) is 5.92 Å². The highest BCUT2D eigenvalue weighted by Gasteiger charge is 2.29. The molecule has 0 spiro atoms. The van der Waals surface area contributed by atoms with Crippen molar-refractivity contribution in [2.24, 2.45) is 5.92 Å². The van der Waals surface area contributed by atoms with Gasteiger partial charge in [0.2, 0.25) is 5.91 Å². The first-order chi connectivity index (χ1) is 8.00. The predicted molar refractivity (Wildman–Crippen MR) is 62.4 cm³/mol. The van der Waals surface area contributed by atoms with E-state index in [9.17, 15) is 14.7 Å².